The summed E-state index contributed by atoms with van der Waals surface area (Å²) in [4.78, 5) is 32.3. The Hall–Kier alpha value is -3.11. The average Bonchev–Trinajstić information content (AvgIpc) is 2.65. The third kappa shape index (κ3) is 5.69. The van der Waals surface area contributed by atoms with Crippen molar-refractivity contribution in [3.8, 4) is 0 Å². The molecule has 2 aromatic rings. The second-order valence-electron chi connectivity index (χ2n) is 5.97. The van der Waals surface area contributed by atoms with E-state index in [1.807, 2.05) is 60.7 Å². The van der Waals surface area contributed by atoms with Crippen LogP contribution in [0.2, 0.25) is 0 Å². The lowest BCUT2D eigenvalue weighted by atomic mass is 10.1. The Kier molecular flexibility index (Phi) is 6.23. The Morgan fingerprint density at radius 3 is 1.78 bits per heavy atom. The maximum atomic E-state index is 12.1. The maximum absolute atomic E-state index is 12.1. The second-order valence-corrected chi connectivity index (χ2v) is 6.38. The molecule has 0 fully saturated rings. The fraction of sp³-hybridized carbons (Fsp3) is 0.0909. The topological polar surface area (TPSA) is 58.9 Å². The number of carbonyl (C=O) groups is 2. The van der Waals surface area contributed by atoms with Crippen LogP contribution in [-0.4, -0.2) is 23.2 Å². The normalized spacial score (nSPS) is 16.4. The number of rotatable bonds is 4. The maximum Gasteiger partial charge on any atom is 0.250 e. The molecule has 3 rings (SSSR count). The van der Waals surface area contributed by atoms with Crippen LogP contribution < -0.4 is 0 Å². The number of allylic oxidation sites excluding steroid dienone is 4. The van der Waals surface area contributed by atoms with Crippen LogP contribution in [0.15, 0.2) is 93.9 Å². The molecule has 27 heavy (non-hydrogen) atoms. The predicted molar refractivity (Wildman–Crippen MR) is 108 cm³/mol. The highest BCUT2D eigenvalue weighted by molar-refractivity contribution is 6.49. The van der Waals surface area contributed by atoms with E-state index >= 15 is 0 Å². The zero-order valence-corrected chi connectivity index (χ0v) is 15.3. The minimum absolute atomic E-state index is 0.207. The summed E-state index contributed by atoms with van der Waals surface area (Å²) in [5, 5.41) is 0.283. The van der Waals surface area contributed by atoms with Crippen LogP contribution in [0.5, 0.6) is 0 Å². The van der Waals surface area contributed by atoms with Gasteiger partial charge < -0.3 is 0 Å². The van der Waals surface area contributed by atoms with Gasteiger partial charge in [-0.2, -0.15) is 0 Å². The van der Waals surface area contributed by atoms with E-state index in [0.29, 0.717) is 11.4 Å². The molecule has 5 heteroatoms. The van der Waals surface area contributed by atoms with Gasteiger partial charge in [-0.15, -0.1) is 0 Å². The first-order valence-electron chi connectivity index (χ1n) is 8.47. The third-order valence-corrected chi connectivity index (χ3v) is 4.13. The van der Waals surface area contributed by atoms with Gasteiger partial charge in [-0.1, -0.05) is 72.3 Å². The summed E-state index contributed by atoms with van der Waals surface area (Å²) in [5.41, 5.74) is 2.60. The first-order chi connectivity index (χ1) is 13.1. The summed E-state index contributed by atoms with van der Waals surface area (Å²) in [6.07, 6.45) is 5.20. The van der Waals surface area contributed by atoms with Crippen molar-refractivity contribution >= 4 is 34.8 Å². The number of hydrogen-bond acceptors (Lipinski definition) is 2. The largest absolute Gasteiger partial charge is 0.272 e. The first kappa shape index (κ1) is 18.7. The summed E-state index contributed by atoms with van der Waals surface area (Å²) in [5.74, 6) is -0.546. The molecule has 0 aliphatic heterocycles. The summed E-state index contributed by atoms with van der Waals surface area (Å²) >= 11 is 6.20. The minimum Gasteiger partial charge on any atom is -0.272 e. The van der Waals surface area contributed by atoms with Crippen LogP contribution >= 0.6 is 11.6 Å². The summed E-state index contributed by atoms with van der Waals surface area (Å²) in [6.45, 7) is 0. The molecule has 2 aromatic carbocycles. The summed E-state index contributed by atoms with van der Waals surface area (Å²) in [6, 6.07) is 18.8. The van der Waals surface area contributed by atoms with Crippen molar-refractivity contribution in [2.75, 3.05) is 0 Å². The van der Waals surface area contributed by atoms with E-state index in [9.17, 15) is 9.59 Å². The number of halogens is 1. The van der Waals surface area contributed by atoms with Crippen LogP contribution in [0, 0.1) is 0 Å². The lowest BCUT2D eigenvalue weighted by Crippen LogP contribution is -2.10. The van der Waals surface area contributed by atoms with Crippen molar-refractivity contribution in [3.05, 3.63) is 95.1 Å². The van der Waals surface area contributed by atoms with Crippen molar-refractivity contribution in [2.24, 2.45) is 9.98 Å². The molecule has 0 saturated heterocycles. The molecule has 2 amide bonds. The molecule has 0 bridgehead atoms. The van der Waals surface area contributed by atoms with E-state index in [0.717, 1.165) is 11.1 Å². The van der Waals surface area contributed by atoms with E-state index in [2.05, 4.69) is 9.98 Å². The fourth-order valence-corrected chi connectivity index (χ4v) is 2.77. The SMILES string of the molecule is O=C(Cc1ccccc1)N=C1C=CC(=NC(=O)Cc2ccccc2)C(Cl)=C1. The van der Waals surface area contributed by atoms with Gasteiger partial charge >= 0.3 is 0 Å². The molecule has 0 spiro atoms. The fourth-order valence-electron chi connectivity index (χ4n) is 2.55. The molecule has 0 atom stereocenters. The van der Waals surface area contributed by atoms with Crippen LogP contribution in [0.4, 0.5) is 0 Å². The van der Waals surface area contributed by atoms with Crippen LogP contribution in [0.3, 0.4) is 0 Å². The number of amides is 2. The van der Waals surface area contributed by atoms with Gasteiger partial charge in [0.2, 0.25) is 0 Å². The van der Waals surface area contributed by atoms with Gasteiger partial charge in [0.1, 0.15) is 0 Å². The quantitative estimate of drug-likeness (QED) is 0.754. The molecule has 0 aromatic heterocycles. The molecule has 0 heterocycles. The monoisotopic (exact) mass is 376 g/mol. The van der Waals surface area contributed by atoms with Crippen LogP contribution in [0.25, 0.3) is 0 Å². The summed E-state index contributed by atoms with van der Waals surface area (Å²) < 4.78 is 0. The van der Waals surface area contributed by atoms with Gasteiger partial charge in [0, 0.05) is 0 Å². The van der Waals surface area contributed by atoms with E-state index in [-0.39, 0.29) is 29.7 Å². The number of nitrogens with zero attached hydrogens (tertiary/aromatic N) is 2. The highest BCUT2D eigenvalue weighted by atomic mass is 35.5. The van der Waals surface area contributed by atoms with Gasteiger partial charge in [-0.25, -0.2) is 9.98 Å². The van der Waals surface area contributed by atoms with Crippen molar-refractivity contribution in [2.45, 2.75) is 12.8 Å². The Balaban J connectivity index is 1.65. The molecule has 134 valence electrons. The number of hydrogen-bond donors (Lipinski definition) is 0. The summed E-state index contributed by atoms with van der Waals surface area (Å²) in [7, 11) is 0. The molecule has 4 nitrogen and oxygen atoms in total. The lowest BCUT2D eigenvalue weighted by molar-refractivity contribution is -0.118. The lowest BCUT2D eigenvalue weighted by Gasteiger charge is -2.06. The predicted octanol–water partition coefficient (Wildman–Crippen LogP) is 4.10. The van der Waals surface area contributed by atoms with Crippen molar-refractivity contribution in [3.63, 3.8) is 0 Å². The van der Waals surface area contributed by atoms with E-state index in [1.54, 1.807) is 18.2 Å². The van der Waals surface area contributed by atoms with E-state index in [1.165, 1.54) is 0 Å². The molecule has 0 unspecified atom stereocenters. The number of aliphatic imine (C=N–C) groups is 2. The van der Waals surface area contributed by atoms with Crippen LogP contribution in [-0.2, 0) is 22.4 Å². The number of benzene rings is 2. The smallest absolute Gasteiger partial charge is 0.250 e. The van der Waals surface area contributed by atoms with Gasteiger partial charge in [0.15, 0.2) is 0 Å². The Bertz CT molecular complexity index is 958. The Labute approximate surface area is 162 Å². The van der Waals surface area contributed by atoms with E-state index in [4.69, 9.17) is 11.6 Å². The highest BCUT2D eigenvalue weighted by Crippen LogP contribution is 2.14. The van der Waals surface area contributed by atoms with Crippen LogP contribution in [0.1, 0.15) is 11.1 Å². The van der Waals surface area contributed by atoms with E-state index < -0.39 is 0 Å². The van der Waals surface area contributed by atoms with Gasteiger partial charge in [-0.05, 0) is 29.4 Å². The first-order valence-corrected chi connectivity index (χ1v) is 8.84. The Morgan fingerprint density at radius 1 is 0.741 bits per heavy atom. The molecule has 1 aliphatic rings. The molecule has 0 saturated carbocycles. The number of carbonyl (C=O) groups excluding carboxylic acids is 2. The van der Waals surface area contributed by atoms with Crippen molar-refractivity contribution < 1.29 is 9.59 Å². The third-order valence-electron chi connectivity index (χ3n) is 3.83. The Morgan fingerprint density at radius 2 is 1.26 bits per heavy atom. The van der Waals surface area contributed by atoms with Gasteiger partial charge in [-0.3, -0.25) is 9.59 Å². The highest BCUT2D eigenvalue weighted by Gasteiger charge is 2.12. The average molecular weight is 377 g/mol. The zero-order valence-electron chi connectivity index (χ0n) is 14.5. The standard InChI is InChI=1S/C22H17ClN2O2/c23-19-15-18(24-21(26)13-16-7-3-1-4-8-16)11-12-20(19)25-22(27)14-17-9-5-2-6-10-17/h1-12,15H,13-14H2. The van der Waals surface area contributed by atoms with Gasteiger partial charge in [0.05, 0.1) is 29.3 Å². The molecule has 0 N–H and O–H groups in total. The van der Waals surface area contributed by atoms with Crippen molar-refractivity contribution in [1.29, 1.82) is 0 Å². The second kappa shape index (κ2) is 9.01. The minimum atomic E-state index is -0.284. The molecular weight excluding hydrogens is 360 g/mol. The molecular formula is C22H17ClN2O2. The zero-order chi connectivity index (χ0) is 19.1. The molecule has 0 radical (unpaired) electrons. The van der Waals surface area contributed by atoms with Gasteiger partial charge in [0.25, 0.3) is 11.8 Å². The molecule has 1 aliphatic carbocycles. The van der Waals surface area contributed by atoms with Crippen molar-refractivity contribution in [1.82, 2.24) is 0 Å².